The Labute approximate surface area is 161 Å². The summed E-state index contributed by atoms with van der Waals surface area (Å²) in [7, 11) is 1.29. The van der Waals surface area contributed by atoms with Gasteiger partial charge in [-0.1, -0.05) is 26.0 Å². The third-order valence-corrected chi connectivity index (χ3v) is 4.50. The van der Waals surface area contributed by atoms with E-state index in [4.69, 9.17) is 9.47 Å². The molecule has 1 aliphatic heterocycles. The molecule has 0 radical (unpaired) electrons. The summed E-state index contributed by atoms with van der Waals surface area (Å²) in [6.07, 6.45) is -0.697. The van der Waals surface area contributed by atoms with Crippen LogP contribution in [0.15, 0.2) is 42.5 Å². The van der Waals surface area contributed by atoms with E-state index in [2.05, 4.69) is 0 Å². The van der Waals surface area contributed by atoms with Crippen molar-refractivity contribution in [3.63, 3.8) is 0 Å². The second kappa shape index (κ2) is 7.67. The largest absolute Gasteiger partial charge is 0.478 e. The third-order valence-electron chi connectivity index (χ3n) is 4.50. The van der Waals surface area contributed by atoms with Crippen molar-refractivity contribution >= 4 is 23.3 Å². The minimum absolute atomic E-state index is 0.0836. The molecule has 2 aromatic rings. The smallest absolute Gasteiger partial charge is 0.337 e. The van der Waals surface area contributed by atoms with Gasteiger partial charge in [-0.05, 0) is 29.7 Å². The van der Waals surface area contributed by atoms with Crippen molar-refractivity contribution in [2.24, 2.45) is 5.92 Å². The molecule has 1 atom stereocenters. The maximum Gasteiger partial charge on any atom is 0.337 e. The lowest BCUT2D eigenvalue weighted by Crippen LogP contribution is -2.48. The van der Waals surface area contributed by atoms with Crippen LogP contribution in [-0.4, -0.2) is 30.0 Å². The van der Waals surface area contributed by atoms with E-state index in [1.807, 2.05) is 13.8 Å². The zero-order valence-corrected chi connectivity index (χ0v) is 15.7. The van der Waals surface area contributed by atoms with Gasteiger partial charge in [-0.15, -0.1) is 0 Å². The molecule has 1 aliphatic rings. The molecule has 0 fully saturated rings. The second-order valence-corrected chi connectivity index (χ2v) is 6.81. The molecule has 2 aromatic carbocycles. The number of esters is 1. The monoisotopic (exact) mass is 384 g/mol. The highest BCUT2D eigenvalue weighted by molar-refractivity contribution is 6.00. The lowest BCUT2D eigenvalue weighted by molar-refractivity contribution is -0.384. The van der Waals surface area contributed by atoms with E-state index in [0.717, 1.165) is 0 Å². The van der Waals surface area contributed by atoms with E-state index in [9.17, 15) is 19.7 Å². The number of carbonyl (C=O) groups excluding carboxylic acids is 2. The molecular weight excluding hydrogens is 364 g/mol. The molecule has 0 saturated carbocycles. The molecule has 0 saturated heterocycles. The average molecular weight is 384 g/mol. The summed E-state index contributed by atoms with van der Waals surface area (Å²) in [4.78, 5) is 36.9. The van der Waals surface area contributed by atoms with Gasteiger partial charge in [0.25, 0.3) is 11.6 Å². The molecule has 0 aromatic heterocycles. The average Bonchev–Trinajstić information content (AvgIpc) is 2.68. The summed E-state index contributed by atoms with van der Waals surface area (Å²) < 4.78 is 10.5. The second-order valence-electron chi connectivity index (χ2n) is 6.81. The Bertz CT molecular complexity index is 940. The van der Waals surface area contributed by atoms with Gasteiger partial charge < -0.3 is 14.4 Å². The number of fused-ring (bicyclic) bond motifs is 1. The van der Waals surface area contributed by atoms with Crippen LogP contribution in [0.4, 0.5) is 11.4 Å². The normalized spacial score (nSPS) is 15.8. The molecule has 8 nitrogen and oxygen atoms in total. The maximum atomic E-state index is 13.0. The number of non-ortho nitro benzene ring substituents is 1. The minimum atomic E-state index is -0.697. The van der Waals surface area contributed by atoms with Crippen LogP contribution in [0, 0.1) is 16.0 Å². The third kappa shape index (κ3) is 3.66. The van der Waals surface area contributed by atoms with Crippen molar-refractivity contribution in [1.82, 2.24) is 0 Å². The van der Waals surface area contributed by atoms with Crippen LogP contribution < -0.4 is 9.64 Å². The van der Waals surface area contributed by atoms with Gasteiger partial charge in [0.15, 0.2) is 6.10 Å². The summed E-state index contributed by atoms with van der Waals surface area (Å²) >= 11 is 0. The fourth-order valence-corrected chi connectivity index (χ4v) is 3.07. The molecule has 1 unspecified atom stereocenters. The van der Waals surface area contributed by atoms with E-state index in [-0.39, 0.29) is 24.1 Å². The highest BCUT2D eigenvalue weighted by atomic mass is 16.6. The van der Waals surface area contributed by atoms with E-state index >= 15 is 0 Å². The van der Waals surface area contributed by atoms with Crippen LogP contribution in [0.2, 0.25) is 0 Å². The van der Waals surface area contributed by atoms with Crippen molar-refractivity contribution in [3.05, 3.63) is 63.7 Å². The molecule has 28 heavy (non-hydrogen) atoms. The summed E-state index contributed by atoms with van der Waals surface area (Å²) in [5.41, 5.74) is 1.25. The summed E-state index contributed by atoms with van der Waals surface area (Å²) in [5.74, 6) is -0.439. The Morgan fingerprint density at radius 2 is 2.04 bits per heavy atom. The fraction of sp³-hybridized carbons (Fsp3) is 0.300. The number of carbonyl (C=O) groups is 2. The topological polar surface area (TPSA) is 99.0 Å². The van der Waals surface area contributed by atoms with Crippen LogP contribution >= 0.6 is 0 Å². The SMILES string of the molecule is COC(=O)c1cccc(CN2C(=O)C(C(C)C)Oc3ccc([N+](=O)[O-])cc32)c1. The Kier molecular flexibility index (Phi) is 5.30. The Morgan fingerprint density at radius 1 is 1.29 bits per heavy atom. The number of nitrogens with zero attached hydrogens (tertiary/aromatic N) is 2. The van der Waals surface area contributed by atoms with Gasteiger partial charge in [0.05, 0.1) is 29.8 Å². The summed E-state index contributed by atoms with van der Waals surface area (Å²) in [6, 6.07) is 10.9. The molecule has 0 spiro atoms. The lowest BCUT2D eigenvalue weighted by atomic mass is 10.0. The van der Waals surface area contributed by atoms with Gasteiger partial charge in [0.1, 0.15) is 5.75 Å². The first-order chi connectivity index (χ1) is 13.3. The van der Waals surface area contributed by atoms with Gasteiger partial charge >= 0.3 is 5.97 Å². The van der Waals surface area contributed by atoms with Gasteiger partial charge in [0.2, 0.25) is 0 Å². The van der Waals surface area contributed by atoms with E-state index in [0.29, 0.717) is 22.6 Å². The van der Waals surface area contributed by atoms with Crippen LogP contribution in [0.5, 0.6) is 5.75 Å². The molecule has 0 N–H and O–H groups in total. The van der Waals surface area contributed by atoms with Crippen molar-refractivity contribution in [1.29, 1.82) is 0 Å². The molecule has 0 bridgehead atoms. The zero-order chi connectivity index (χ0) is 20.4. The number of nitro groups is 1. The number of amides is 1. The van der Waals surface area contributed by atoms with Crippen LogP contribution in [0.1, 0.15) is 29.8 Å². The van der Waals surface area contributed by atoms with E-state index < -0.39 is 17.0 Å². The number of nitro benzene ring substituents is 1. The van der Waals surface area contributed by atoms with Crippen LogP contribution in [0.3, 0.4) is 0 Å². The van der Waals surface area contributed by atoms with Gasteiger partial charge in [0, 0.05) is 12.1 Å². The molecule has 8 heteroatoms. The highest BCUT2D eigenvalue weighted by Gasteiger charge is 2.37. The predicted molar refractivity (Wildman–Crippen MR) is 101 cm³/mol. The van der Waals surface area contributed by atoms with Gasteiger partial charge in [-0.25, -0.2) is 4.79 Å². The number of benzene rings is 2. The van der Waals surface area contributed by atoms with Crippen molar-refractivity contribution in [2.45, 2.75) is 26.5 Å². The Balaban J connectivity index is 2.03. The van der Waals surface area contributed by atoms with E-state index in [1.54, 1.807) is 24.3 Å². The summed E-state index contributed by atoms with van der Waals surface area (Å²) in [6.45, 7) is 3.88. The Hall–Kier alpha value is -3.42. The fourth-order valence-electron chi connectivity index (χ4n) is 3.07. The number of anilines is 1. The Morgan fingerprint density at radius 3 is 2.68 bits per heavy atom. The van der Waals surface area contributed by atoms with Crippen molar-refractivity contribution in [2.75, 3.05) is 12.0 Å². The van der Waals surface area contributed by atoms with Gasteiger partial charge in [-0.3, -0.25) is 14.9 Å². The van der Waals surface area contributed by atoms with Crippen LogP contribution in [-0.2, 0) is 16.1 Å². The molecule has 146 valence electrons. The number of methoxy groups -OCH3 is 1. The number of rotatable bonds is 5. The van der Waals surface area contributed by atoms with Crippen LogP contribution in [0.25, 0.3) is 0 Å². The number of hydrogen-bond acceptors (Lipinski definition) is 6. The van der Waals surface area contributed by atoms with E-state index in [1.165, 1.54) is 30.2 Å². The lowest BCUT2D eigenvalue weighted by Gasteiger charge is -2.36. The first-order valence-electron chi connectivity index (χ1n) is 8.75. The standard InChI is InChI=1S/C20H20N2O6/c1-12(2)18-19(23)21(11-13-5-4-6-14(9-13)20(24)27-3)16-10-15(22(25)26)7-8-17(16)28-18/h4-10,12,18H,11H2,1-3H3. The first-order valence-corrected chi connectivity index (χ1v) is 8.75. The van der Waals surface area contributed by atoms with Crippen molar-refractivity contribution < 1.29 is 24.0 Å². The molecular formula is C20H20N2O6. The first kappa shape index (κ1) is 19.3. The van der Waals surface area contributed by atoms with Crippen molar-refractivity contribution in [3.8, 4) is 5.75 Å². The summed E-state index contributed by atoms with van der Waals surface area (Å²) in [5, 5.41) is 11.2. The zero-order valence-electron chi connectivity index (χ0n) is 15.7. The quantitative estimate of drug-likeness (QED) is 0.445. The minimum Gasteiger partial charge on any atom is -0.478 e. The maximum absolute atomic E-state index is 13.0. The molecule has 1 amide bonds. The highest BCUT2D eigenvalue weighted by Crippen LogP contribution is 2.39. The predicted octanol–water partition coefficient (Wildman–Crippen LogP) is 3.33. The molecule has 3 rings (SSSR count). The number of ether oxygens (including phenoxy) is 2. The van der Waals surface area contributed by atoms with Gasteiger partial charge in [-0.2, -0.15) is 0 Å². The molecule has 1 heterocycles. The molecule has 0 aliphatic carbocycles. The number of hydrogen-bond donors (Lipinski definition) is 0.